The van der Waals surface area contributed by atoms with Gasteiger partial charge in [-0.2, -0.15) is 0 Å². The fourth-order valence-electron chi connectivity index (χ4n) is 1.40. The van der Waals surface area contributed by atoms with Crippen molar-refractivity contribution in [2.24, 2.45) is 0 Å². The number of nitrogens with zero attached hydrogens (tertiary/aromatic N) is 3. The molecule has 0 aromatic carbocycles. The van der Waals surface area contributed by atoms with Gasteiger partial charge in [0.05, 0.1) is 19.0 Å². The van der Waals surface area contributed by atoms with E-state index >= 15 is 0 Å². The van der Waals surface area contributed by atoms with Crippen molar-refractivity contribution >= 4 is 29.3 Å². The standard InChI is InChI=1S/C8H11N5OS/c1-4(14)2-13-3-10-5-6(13)11-8(9)12-7(5)15/h3-4,14H,2H2,1H3,(H3,9,11,12,15). The van der Waals surface area contributed by atoms with Gasteiger partial charge in [-0.25, -0.2) is 9.97 Å². The number of aromatic nitrogens is 4. The number of rotatable bonds is 2. The lowest BCUT2D eigenvalue weighted by Gasteiger charge is -2.06. The molecule has 15 heavy (non-hydrogen) atoms. The van der Waals surface area contributed by atoms with Gasteiger partial charge in [-0.15, -0.1) is 0 Å². The van der Waals surface area contributed by atoms with Crippen LogP contribution in [0.2, 0.25) is 0 Å². The first-order chi connectivity index (χ1) is 7.08. The van der Waals surface area contributed by atoms with Crippen molar-refractivity contribution in [3.05, 3.63) is 11.0 Å². The fraction of sp³-hybridized carbons (Fsp3) is 0.375. The quantitative estimate of drug-likeness (QED) is 0.645. The monoisotopic (exact) mass is 225 g/mol. The number of hydrogen-bond donors (Lipinski definition) is 3. The Labute approximate surface area is 90.8 Å². The molecule has 0 spiro atoms. The summed E-state index contributed by atoms with van der Waals surface area (Å²) < 4.78 is 2.12. The highest BCUT2D eigenvalue weighted by molar-refractivity contribution is 7.71. The van der Waals surface area contributed by atoms with Gasteiger partial charge >= 0.3 is 0 Å². The maximum atomic E-state index is 9.29. The third-order valence-electron chi connectivity index (χ3n) is 1.97. The molecule has 2 aromatic heterocycles. The molecule has 2 rings (SSSR count). The zero-order chi connectivity index (χ0) is 11.0. The molecule has 0 bridgehead atoms. The number of fused-ring (bicyclic) bond motifs is 1. The number of nitrogens with one attached hydrogen (secondary N) is 1. The highest BCUT2D eigenvalue weighted by Crippen LogP contribution is 2.12. The topological polar surface area (TPSA) is 92.8 Å². The second-order valence-corrected chi connectivity index (χ2v) is 3.76. The molecule has 0 radical (unpaired) electrons. The van der Waals surface area contributed by atoms with Crippen LogP contribution >= 0.6 is 12.2 Å². The lowest BCUT2D eigenvalue weighted by molar-refractivity contribution is 0.175. The summed E-state index contributed by atoms with van der Waals surface area (Å²) in [5, 5.41) is 9.29. The zero-order valence-electron chi connectivity index (χ0n) is 8.14. The first-order valence-corrected chi connectivity index (χ1v) is 4.87. The smallest absolute Gasteiger partial charge is 0.200 e. The number of anilines is 1. The van der Waals surface area contributed by atoms with Crippen molar-refractivity contribution in [2.45, 2.75) is 19.6 Å². The number of aliphatic hydroxyl groups excluding tert-OH is 1. The maximum Gasteiger partial charge on any atom is 0.200 e. The van der Waals surface area contributed by atoms with Crippen LogP contribution in [-0.2, 0) is 6.54 Å². The second kappa shape index (κ2) is 3.59. The normalized spacial score (nSPS) is 13.2. The van der Waals surface area contributed by atoms with Gasteiger partial charge in [-0.3, -0.25) is 0 Å². The Bertz CT molecular complexity index is 543. The van der Waals surface area contributed by atoms with Crippen molar-refractivity contribution in [3.8, 4) is 0 Å². The highest BCUT2D eigenvalue weighted by atomic mass is 32.1. The van der Waals surface area contributed by atoms with E-state index < -0.39 is 6.10 Å². The van der Waals surface area contributed by atoms with Gasteiger partial charge in [0, 0.05) is 0 Å². The molecule has 0 fully saturated rings. The highest BCUT2D eigenvalue weighted by Gasteiger charge is 2.07. The number of aliphatic hydroxyl groups is 1. The molecule has 0 saturated carbocycles. The maximum absolute atomic E-state index is 9.29. The largest absolute Gasteiger partial charge is 0.392 e. The van der Waals surface area contributed by atoms with E-state index in [0.717, 1.165) is 0 Å². The van der Waals surface area contributed by atoms with Crippen molar-refractivity contribution < 1.29 is 5.11 Å². The number of aromatic amines is 1. The van der Waals surface area contributed by atoms with E-state index in [1.54, 1.807) is 17.8 Å². The summed E-state index contributed by atoms with van der Waals surface area (Å²) in [5.41, 5.74) is 6.83. The third kappa shape index (κ3) is 1.83. The minimum Gasteiger partial charge on any atom is -0.392 e. The summed E-state index contributed by atoms with van der Waals surface area (Å²) in [6.45, 7) is 2.14. The van der Waals surface area contributed by atoms with Crippen LogP contribution < -0.4 is 5.73 Å². The Kier molecular flexibility index (Phi) is 2.41. The Hall–Kier alpha value is -1.47. The molecule has 7 heteroatoms. The van der Waals surface area contributed by atoms with E-state index in [1.807, 2.05) is 0 Å². The van der Waals surface area contributed by atoms with Gasteiger partial charge in [-0.05, 0) is 6.92 Å². The van der Waals surface area contributed by atoms with Crippen LogP contribution in [0.25, 0.3) is 11.2 Å². The second-order valence-electron chi connectivity index (χ2n) is 3.37. The summed E-state index contributed by atoms with van der Waals surface area (Å²) in [4.78, 5) is 10.9. The van der Waals surface area contributed by atoms with E-state index in [2.05, 4.69) is 15.0 Å². The first-order valence-electron chi connectivity index (χ1n) is 4.46. The number of nitrogen functional groups attached to an aromatic ring is 1. The van der Waals surface area contributed by atoms with Crippen LogP contribution in [0.1, 0.15) is 6.92 Å². The van der Waals surface area contributed by atoms with Crippen LogP contribution in [0.15, 0.2) is 6.33 Å². The first kappa shape index (κ1) is 10.1. The molecule has 0 saturated heterocycles. The number of hydrogen-bond acceptors (Lipinski definition) is 5. The number of nitrogens with two attached hydrogens (primary N) is 1. The lowest BCUT2D eigenvalue weighted by Crippen LogP contribution is -2.11. The average molecular weight is 225 g/mol. The Morgan fingerprint density at radius 1 is 1.73 bits per heavy atom. The lowest BCUT2D eigenvalue weighted by atomic mass is 10.4. The predicted molar refractivity (Wildman–Crippen MR) is 58.8 cm³/mol. The number of H-pyrrole nitrogens is 1. The van der Waals surface area contributed by atoms with Crippen LogP contribution in [-0.4, -0.2) is 30.7 Å². The van der Waals surface area contributed by atoms with Crippen molar-refractivity contribution in [1.82, 2.24) is 19.5 Å². The summed E-state index contributed by atoms with van der Waals surface area (Å²) in [5.74, 6) is 0.250. The predicted octanol–water partition coefficient (Wildman–Crippen LogP) is 0.452. The molecule has 1 unspecified atom stereocenters. The molecule has 80 valence electrons. The molecule has 4 N–H and O–H groups in total. The van der Waals surface area contributed by atoms with Gasteiger partial charge in [0.1, 0.15) is 11.2 Å². The van der Waals surface area contributed by atoms with Crippen LogP contribution in [0, 0.1) is 4.64 Å². The fourth-order valence-corrected chi connectivity index (χ4v) is 1.65. The molecule has 2 aromatic rings. The van der Waals surface area contributed by atoms with Crippen molar-refractivity contribution in [1.29, 1.82) is 0 Å². The molecule has 0 aliphatic heterocycles. The van der Waals surface area contributed by atoms with Gasteiger partial charge < -0.3 is 20.4 Å². The Morgan fingerprint density at radius 2 is 2.47 bits per heavy atom. The summed E-state index contributed by atoms with van der Waals surface area (Å²) >= 11 is 5.02. The van der Waals surface area contributed by atoms with E-state index in [4.69, 9.17) is 18.0 Å². The van der Waals surface area contributed by atoms with Crippen LogP contribution in [0.5, 0.6) is 0 Å². The SMILES string of the molecule is CC(O)Cn1cnc2c(=S)nc(N)[nH]c21. The molecular formula is C8H11N5OS. The van der Waals surface area contributed by atoms with E-state index in [9.17, 15) is 5.11 Å². The van der Waals surface area contributed by atoms with Gasteiger partial charge in [0.15, 0.2) is 10.6 Å². The Morgan fingerprint density at radius 3 is 3.13 bits per heavy atom. The molecule has 0 aliphatic rings. The van der Waals surface area contributed by atoms with Crippen LogP contribution in [0.4, 0.5) is 5.95 Å². The molecule has 0 amide bonds. The summed E-state index contributed by atoms with van der Waals surface area (Å²) in [6.07, 6.45) is 1.14. The van der Waals surface area contributed by atoms with Gasteiger partial charge in [0.2, 0.25) is 0 Å². The molecular weight excluding hydrogens is 214 g/mol. The van der Waals surface area contributed by atoms with Crippen molar-refractivity contribution in [2.75, 3.05) is 5.73 Å². The molecule has 6 nitrogen and oxygen atoms in total. The minimum atomic E-state index is -0.459. The molecule has 1 atom stereocenters. The van der Waals surface area contributed by atoms with Crippen LogP contribution in [0.3, 0.4) is 0 Å². The summed E-state index contributed by atoms with van der Waals surface area (Å²) in [6, 6.07) is 0. The van der Waals surface area contributed by atoms with E-state index in [1.165, 1.54) is 0 Å². The molecule has 2 heterocycles. The van der Waals surface area contributed by atoms with Gasteiger partial charge in [-0.1, -0.05) is 12.2 Å². The van der Waals surface area contributed by atoms with Gasteiger partial charge in [0.25, 0.3) is 0 Å². The minimum absolute atomic E-state index is 0.250. The van der Waals surface area contributed by atoms with Crippen molar-refractivity contribution in [3.63, 3.8) is 0 Å². The zero-order valence-corrected chi connectivity index (χ0v) is 8.95. The van der Waals surface area contributed by atoms with E-state index in [-0.39, 0.29) is 5.95 Å². The average Bonchev–Trinajstić information content (AvgIpc) is 2.48. The number of imidazole rings is 1. The third-order valence-corrected chi connectivity index (χ3v) is 2.25. The van der Waals surface area contributed by atoms with E-state index in [0.29, 0.717) is 22.3 Å². The summed E-state index contributed by atoms with van der Waals surface area (Å²) in [7, 11) is 0. The Balaban J connectivity index is 2.63. The molecule has 0 aliphatic carbocycles.